The standard InChI is InChI=1S/C14H19N3O2/c1-9(2)12-5-6-19-13(12)14(18)15-7-11-8-16-17(4)10(11)3/h5-6,8-9H,7H2,1-4H3,(H,15,18). The van der Waals surface area contributed by atoms with Crippen LogP contribution in [0.15, 0.2) is 22.9 Å². The first-order valence-corrected chi connectivity index (χ1v) is 6.33. The molecule has 0 radical (unpaired) electrons. The number of hydrogen-bond donors (Lipinski definition) is 1. The maximum absolute atomic E-state index is 12.1. The van der Waals surface area contributed by atoms with E-state index in [0.29, 0.717) is 12.3 Å². The molecule has 2 aromatic heterocycles. The highest BCUT2D eigenvalue weighted by Gasteiger charge is 2.17. The van der Waals surface area contributed by atoms with Crippen LogP contribution in [0.5, 0.6) is 0 Å². The molecular formula is C14H19N3O2. The Morgan fingerprint density at radius 2 is 2.26 bits per heavy atom. The number of furan rings is 1. The Labute approximate surface area is 112 Å². The van der Waals surface area contributed by atoms with Crippen molar-refractivity contribution < 1.29 is 9.21 Å². The Morgan fingerprint density at radius 1 is 1.53 bits per heavy atom. The minimum Gasteiger partial charge on any atom is -0.459 e. The number of amides is 1. The van der Waals surface area contributed by atoms with Gasteiger partial charge in [-0.1, -0.05) is 13.8 Å². The highest BCUT2D eigenvalue weighted by molar-refractivity contribution is 5.93. The lowest BCUT2D eigenvalue weighted by Gasteiger charge is -2.07. The molecule has 0 aromatic carbocycles. The van der Waals surface area contributed by atoms with Crippen LogP contribution < -0.4 is 5.32 Å². The average Bonchev–Trinajstić information content (AvgIpc) is 2.96. The van der Waals surface area contributed by atoms with Crippen molar-refractivity contribution in [2.75, 3.05) is 0 Å². The molecule has 2 rings (SSSR count). The predicted molar refractivity (Wildman–Crippen MR) is 71.9 cm³/mol. The second kappa shape index (κ2) is 5.30. The first-order chi connectivity index (χ1) is 9.00. The first kappa shape index (κ1) is 13.4. The van der Waals surface area contributed by atoms with E-state index in [0.717, 1.165) is 16.8 Å². The summed E-state index contributed by atoms with van der Waals surface area (Å²) in [5, 5.41) is 7.01. The molecule has 1 amide bonds. The van der Waals surface area contributed by atoms with Crippen LogP contribution in [0.25, 0.3) is 0 Å². The molecule has 19 heavy (non-hydrogen) atoms. The summed E-state index contributed by atoms with van der Waals surface area (Å²) >= 11 is 0. The Morgan fingerprint density at radius 3 is 2.84 bits per heavy atom. The van der Waals surface area contributed by atoms with E-state index in [2.05, 4.69) is 10.4 Å². The van der Waals surface area contributed by atoms with Gasteiger partial charge in [0.2, 0.25) is 0 Å². The van der Waals surface area contributed by atoms with Gasteiger partial charge in [0, 0.05) is 30.4 Å². The zero-order valence-corrected chi connectivity index (χ0v) is 11.7. The highest BCUT2D eigenvalue weighted by atomic mass is 16.3. The van der Waals surface area contributed by atoms with Crippen LogP contribution in [-0.4, -0.2) is 15.7 Å². The summed E-state index contributed by atoms with van der Waals surface area (Å²) in [6.45, 7) is 6.50. The number of carbonyl (C=O) groups excluding carboxylic acids is 1. The average molecular weight is 261 g/mol. The number of nitrogens with one attached hydrogen (secondary N) is 1. The molecule has 2 heterocycles. The van der Waals surface area contributed by atoms with E-state index in [1.807, 2.05) is 33.9 Å². The monoisotopic (exact) mass is 261 g/mol. The summed E-state index contributed by atoms with van der Waals surface area (Å²) in [5.74, 6) is 0.480. The van der Waals surface area contributed by atoms with E-state index in [9.17, 15) is 4.79 Å². The zero-order chi connectivity index (χ0) is 14.0. The van der Waals surface area contributed by atoms with E-state index in [4.69, 9.17) is 4.42 Å². The SMILES string of the molecule is Cc1c(CNC(=O)c2occc2C(C)C)cnn1C. The number of rotatable bonds is 4. The molecule has 0 fully saturated rings. The number of nitrogens with zero attached hydrogens (tertiary/aromatic N) is 2. The highest BCUT2D eigenvalue weighted by Crippen LogP contribution is 2.20. The van der Waals surface area contributed by atoms with Crippen LogP contribution in [0, 0.1) is 6.92 Å². The van der Waals surface area contributed by atoms with E-state index >= 15 is 0 Å². The Balaban J connectivity index is 2.06. The summed E-state index contributed by atoms with van der Waals surface area (Å²) in [6, 6.07) is 1.84. The molecule has 0 bridgehead atoms. The van der Waals surface area contributed by atoms with Gasteiger partial charge >= 0.3 is 0 Å². The summed E-state index contributed by atoms with van der Waals surface area (Å²) < 4.78 is 7.06. The van der Waals surface area contributed by atoms with Crippen LogP contribution in [0.4, 0.5) is 0 Å². The second-order valence-corrected chi connectivity index (χ2v) is 4.92. The molecule has 0 unspecified atom stereocenters. The van der Waals surface area contributed by atoms with Crippen molar-refractivity contribution in [3.8, 4) is 0 Å². The summed E-state index contributed by atoms with van der Waals surface area (Å²) in [7, 11) is 1.88. The van der Waals surface area contributed by atoms with Gasteiger partial charge in [0.25, 0.3) is 5.91 Å². The van der Waals surface area contributed by atoms with Crippen LogP contribution in [0.1, 0.15) is 47.1 Å². The molecule has 0 aliphatic heterocycles. The van der Waals surface area contributed by atoms with Crippen molar-refractivity contribution in [1.29, 1.82) is 0 Å². The molecule has 5 heteroatoms. The maximum Gasteiger partial charge on any atom is 0.287 e. The van der Waals surface area contributed by atoms with Crippen LogP contribution in [0.2, 0.25) is 0 Å². The summed E-state index contributed by atoms with van der Waals surface area (Å²) in [6.07, 6.45) is 3.32. The van der Waals surface area contributed by atoms with Crippen molar-refractivity contribution in [2.24, 2.45) is 7.05 Å². The molecule has 0 saturated carbocycles. The second-order valence-electron chi connectivity index (χ2n) is 4.92. The van der Waals surface area contributed by atoms with E-state index in [1.54, 1.807) is 17.1 Å². The van der Waals surface area contributed by atoms with E-state index in [-0.39, 0.29) is 11.8 Å². The Kier molecular flexibility index (Phi) is 3.74. The summed E-state index contributed by atoms with van der Waals surface area (Å²) in [4.78, 5) is 12.1. The van der Waals surface area contributed by atoms with Crippen LogP contribution >= 0.6 is 0 Å². The molecule has 0 aliphatic carbocycles. The quantitative estimate of drug-likeness (QED) is 0.919. The lowest BCUT2D eigenvalue weighted by Crippen LogP contribution is -2.23. The lowest BCUT2D eigenvalue weighted by atomic mass is 10.0. The summed E-state index contributed by atoms with van der Waals surface area (Å²) in [5.41, 5.74) is 2.98. The van der Waals surface area contributed by atoms with Gasteiger partial charge in [0.05, 0.1) is 12.5 Å². The third-order valence-corrected chi connectivity index (χ3v) is 3.30. The predicted octanol–water partition coefficient (Wildman–Crippen LogP) is 2.37. The van der Waals surface area contributed by atoms with Gasteiger partial charge in [-0.3, -0.25) is 9.48 Å². The lowest BCUT2D eigenvalue weighted by molar-refractivity contribution is 0.0921. The van der Waals surface area contributed by atoms with Gasteiger partial charge in [-0.05, 0) is 18.9 Å². The topological polar surface area (TPSA) is 60.1 Å². The van der Waals surface area contributed by atoms with Gasteiger partial charge in [-0.25, -0.2) is 0 Å². The van der Waals surface area contributed by atoms with Gasteiger partial charge in [0.15, 0.2) is 5.76 Å². The molecule has 5 nitrogen and oxygen atoms in total. The number of carbonyl (C=O) groups is 1. The van der Waals surface area contributed by atoms with Gasteiger partial charge < -0.3 is 9.73 Å². The normalized spacial score (nSPS) is 11.0. The van der Waals surface area contributed by atoms with Crippen LogP contribution in [0.3, 0.4) is 0 Å². The molecule has 2 aromatic rings. The molecule has 0 spiro atoms. The molecule has 0 atom stereocenters. The third-order valence-electron chi connectivity index (χ3n) is 3.30. The van der Waals surface area contributed by atoms with Crippen molar-refractivity contribution >= 4 is 5.91 Å². The van der Waals surface area contributed by atoms with E-state index in [1.165, 1.54) is 0 Å². The fraction of sp³-hybridized carbons (Fsp3) is 0.429. The van der Waals surface area contributed by atoms with Gasteiger partial charge in [-0.15, -0.1) is 0 Å². The van der Waals surface area contributed by atoms with E-state index < -0.39 is 0 Å². The number of hydrogen-bond acceptors (Lipinski definition) is 3. The first-order valence-electron chi connectivity index (χ1n) is 6.33. The fourth-order valence-corrected chi connectivity index (χ4v) is 1.93. The molecule has 0 saturated heterocycles. The maximum atomic E-state index is 12.1. The molecule has 102 valence electrons. The van der Waals surface area contributed by atoms with Crippen molar-refractivity contribution in [3.63, 3.8) is 0 Å². The number of aryl methyl sites for hydroxylation is 1. The Bertz CT molecular complexity index is 581. The molecular weight excluding hydrogens is 242 g/mol. The Hall–Kier alpha value is -2.04. The molecule has 0 aliphatic rings. The van der Waals surface area contributed by atoms with Crippen molar-refractivity contribution in [1.82, 2.24) is 15.1 Å². The minimum atomic E-state index is -0.183. The third kappa shape index (κ3) is 2.70. The van der Waals surface area contributed by atoms with Gasteiger partial charge in [-0.2, -0.15) is 5.10 Å². The fourth-order valence-electron chi connectivity index (χ4n) is 1.93. The number of aromatic nitrogens is 2. The van der Waals surface area contributed by atoms with Crippen LogP contribution in [-0.2, 0) is 13.6 Å². The van der Waals surface area contributed by atoms with Crippen molar-refractivity contribution in [2.45, 2.75) is 33.2 Å². The smallest absolute Gasteiger partial charge is 0.287 e. The minimum absolute atomic E-state index is 0.183. The largest absolute Gasteiger partial charge is 0.459 e. The van der Waals surface area contributed by atoms with Gasteiger partial charge in [0.1, 0.15) is 0 Å². The van der Waals surface area contributed by atoms with Crippen molar-refractivity contribution in [3.05, 3.63) is 41.1 Å². The molecule has 1 N–H and O–H groups in total. The zero-order valence-electron chi connectivity index (χ0n) is 11.7.